The standard InChI is InChI=1S/C13H24N2O3/c1-10(2)13(17)15-7-4-11(5-8-15)12(16)14-6-9-18-3/h10-11H,4-9H2,1-3H3,(H,14,16). The first kappa shape index (κ1) is 15.0. The van der Waals surface area contributed by atoms with Gasteiger partial charge >= 0.3 is 0 Å². The van der Waals surface area contributed by atoms with Crippen molar-refractivity contribution < 1.29 is 14.3 Å². The summed E-state index contributed by atoms with van der Waals surface area (Å²) in [5.74, 6) is 0.354. The number of likely N-dealkylation sites (tertiary alicyclic amines) is 1. The molecule has 0 bridgehead atoms. The highest BCUT2D eigenvalue weighted by Crippen LogP contribution is 2.18. The molecule has 1 aliphatic rings. The van der Waals surface area contributed by atoms with Crippen LogP contribution in [0.5, 0.6) is 0 Å². The summed E-state index contributed by atoms with van der Waals surface area (Å²) in [7, 11) is 1.61. The molecule has 0 aromatic heterocycles. The van der Waals surface area contributed by atoms with Crippen molar-refractivity contribution in [1.82, 2.24) is 10.2 Å². The topological polar surface area (TPSA) is 58.6 Å². The molecule has 0 aliphatic carbocycles. The summed E-state index contributed by atoms with van der Waals surface area (Å²) in [6.45, 7) is 6.30. The van der Waals surface area contributed by atoms with Gasteiger partial charge < -0.3 is 15.0 Å². The molecule has 0 aromatic rings. The van der Waals surface area contributed by atoms with Crippen LogP contribution in [0, 0.1) is 11.8 Å². The normalized spacial score (nSPS) is 17.0. The van der Waals surface area contributed by atoms with E-state index in [1.807, 2.05) is 18.7 Å². The zero-order valence-electron chi connectivity index (χ0n) is 11.6. The van der Waals surface area contributed by atoms with E-state index in [4.69, 9.17) is 4.74 Å². The smallest absolute Gasteiger partial charge is 0.225 e. The molecule has 0 spiro atoms. The second-order valence-electron chi connectivity index (χ2n) is 5.04. The van der Waals surface area contributed by atoms with Gasteiger partial charge in [0.05, 0.1) is 6.61 Å². The van der Waals surface area contributed by atoms with Crippen LogP contribution in [0.25, 0.3) is 0 Å². The minimum atomic E-state index is 0.0390. The molecule has 1 aliphatic heterocycles. The van der Waals surface area contributed by atoms with E-state index in [9.17, 15) is 9.59 Å². The first-order valence-corrected chi connectivity index (χ1v) is 6.61. The zero-order chi connectivity index (χ0) is 13.5. The Labute approximate surface area is 109 Å². The third-order valence-corrected chi connectivity index (χ3v) is 3.28. The quantitative estimate of drug-likeness (QED) is 0.735. The van der Waals surface area contributed by atoms with Gasteiger partial charge in [0, 0.05) is 38.6 Å². The summed E-state index contributed by atoms with van der Waals surface area (Å²) in [4.78, 5) is 25.5. The van der Waals surface area contributed by atoms with Crippen LogP contribution in [-0.4, -0.2) is 50.1 Å². The van der Waals surface area contributed by atoms with Crippen molar-refractivity contribution >= 4 is 11.8 Å². The lowest BCUT2D eigenvalue weighted by atomic mass is 9.95. The van der Waals surface area contributed by atoms with Crippen molar-refractivity contribution in [2.75, 3.05) is 33.4 Å². The van der Waals surface area contributed by atoms with Gasteiger partial charge in [0.15, 0.2) is 0 Å². The van der Waals surface area contributed by atoms with Gasteiger partial charge in [0.25, 0.3) is 0 Å². The number of ether oxygens (including phenoxy) is 1. The Morgan fingerprint density at radius 3 is 2.44 bits per heavy atom. The summed E-state index contributed by atoms with van der Waals surface area (Å²) < 4.78 is 4.89. The molecule has 1 saturated heterocycles. The van der Waals surface area contributed by atoms with Crippen LogP contribution in [0.15, 0.2) is 0 Å². The third kappa shape index (κ3) is 4.29. The first-order chi connectivity index (χ1) is 8.56. The first-order valence-electron chi connectivity index (χ1n) is 6.61. The number of hydrogen-bond acceptors (Lipinski definition) is 3. The lowest BCUT2D eigenvalue weighted by molar-refractivity contribution is -0.138. The van der Waals surface area contributed by atoms with E-state index in [1.54, 1.807) is 7.11 Å². The van der Waals surface area contributed by atoms with Crippen LogP contribution in [0.4, 0.5) is 0 Å². The second kappa shape index (κ2) is 7.36. The number of amides is 2. The fourth-order valence-electron chi connectivity index (χ4n) is 2.15. The number of carbonyl (C=O) groups is 2. The zero-order valence-corrected chi connectivity index (χ0v) is 11.6. The van der Waals surface area contributed by atoms with Gasteiger partial charge in [0.2, 0.25) is 11.8 Å². The molecule has 1 heterocycles. The fraction of sp³-hybridized carbons (Fsp3) is 0.846. The molecule has 1 N–H and O–H groups in total. The molecule has 2 amide bonds. The van der Waals surface area contributed by atoms with Crippen molar-refractivity contribution in [1.29, 1.82) is 0 Å². The van der Waals surface area contributed by atoms with Crippen LogP contribution in [-0.2, 0) is 14.3 Å². The number of nitrogens with zero attached hydrogens (tertiary/aromatic N) is 1. The lowest BCUT2D eigenvalue weighted by Crippen LogP contribution is -2.44. The minimum Gasteiger partial charge on any atom is -0.383 e. The van der Waals surface area contributed by atoms with Gasteiger partial charge in [-0.25, -0.2) is 0 Å². The Balaban J connectivity index is 2.30. The molecule has 18 heavy (non-hydrogen) atoms. The number of nitrogens with one attached hydrogen (secondary N) is 1. The Kier molecular flexibility index (Phi) is 6.12. The maximum atomic E-state index is 11.8. The average molecular weight is 256 g/mol. The van der Waals surface area contributed by atoms with E-state index in [1.165, 1.54) is 0 Å². The largest absolute Gasteiger partial charge is 0.383 e. The van der Waals surface area contributed by atoms with E-state index in [2.05, 4.69) is 5.32 Å². The highest BCUT2D eigenvalue weighted by Gasteiger charge is 2.27. The number of methoxy groups -OCH3 is 1. The van der Waals surface area contributed by atoms with Gasteiger partial charge in [-0.1, -0.05) is 13.8 Å². The lowest BCUT2D eigenvalue weighted by Gasteiger charge is -2.32. The van der Waals surface area contributed by atoms with Crippen LogP contribution in [0.1, 0.15) is 26.7 Å². The molecule has 0 unspecified atom stereocenters. The minimum absolute atomic E-state index is 0.0390. The van der Waals surface area contributed by atoms with Crippen LogP contribution < -0.4 is 5.32 Å². The van der Waals surface area contributed by atoms with E-state index < -0.39 is 0 Å². The Bertz CT molecular complexity index is 284. The number of piperidine rings is 1. The van der Waals surface area contributed by atoms with Crippen LogP contribution in [0.2, 0.25) is 0 Å². The molecule has 5 nitrogen and oxygen atoms in total. The Morgan fingerprint density at radius 1 is 1.33 bits per heavy atom. The average Bonchev–Trinajstić information content (AvgIpc) is 2.38. The molecular formula is C13H24N2O3. The summed E-state index contributed by atoms with van der Waals surface area (Å²) >= 11 is 0. The fourth-order valence-corrected chi connectivity index (χ4v) is 2.15. The molecule has 0 saturated carbocycles. The Morgan fingerprint density at radius 2 is 1.94 bits per heavy atom. The van der Waals surface area contributed by atoms with Gasteiger partial charge in [0.1, 0.15) is 0 Å². The van der Waals surface area contributed by atoms with E-state index >= 15 is 0 Å². The molecule has 1 rings (SSSR count). The summed E-state index contributed by atoms with van der Waals surface area (Å²) in [5.41, 5.74) is 0. The van der Waals surface area contributed by atoms with Gasteiger partial charge in [-0.2, -0.15) is 0 Å². The molecule has 1 fully saturated rings. The third-order valence-electron chi connectivity index (χ3n) is 3.28. The van der Waals surface area contributed by atoms with Crippen molar-refractivity contribution in [2.24, 2.45) is 11.8 Å². The summed E-state index contributed by atoms with van der Waals surface area (Å²) in [5, 5.41) is 2.85. The van der Waals surface area contributed by atoms with Crippen molar-refractivity contribution in [3.63, 3.8) is 0 Å². The molecule has 0 aromatic carbocycles. The number of carbonyl (C=O) groups excluding carboxylic acids is 2. The predicted molar refractivity (Wildman–Crippen MR) is 69.0 cm³/mol. The molecule has 104 valence electrons. The molecule has 0 atom stereocenters. The summed E-state index contributed by atoms with van der Waals surface area (Å²) in [6, 6.07) is 0. The monoisotopic (exact) mass is 256 g/mol. The van der Waals surface area contributed by atoms with Crippen LogP contribution >= 0.6 is 0 Å². The van der Waals surface area contributed by atoms with E-state index in [-0.39, 0.29) is 23.7 Å². The number of hydrogen-bond donors (Lipinski definition) is 1. The van der Waals surface area contributed by atoms with E-state index in [0.29, 0.717) is 26.2 Å². The highest BCUT2D eigenvalue weighted by atomic mass is 16.5. The highest BCUT2D eigenvalue weighted by molar-refractivity contribution is 5.80. The van der Waals surface area contributed by atoms with Crippen LogP contribution in [0.3, 0.4) is 0 Å². The van der Waals surface area contributed by atoms with Gasteiger partial charge in [-0.15, -0.1) is 0 Å². The second-order valence-corrected chi connectivity index (χ2v) is 5.04. The van der Waals surface area contributed by atoms with Crippen molar-refractivity contribution in [3.8, 4) is 0 Å². The maximum absolute atomic E-state index is 11.8. The van der Waals surface area contributed by atoms with Gasteiger partial charge in [-0.05, 0) is 12.8 Å². The summed E-state index contributed by atoms with van der Waals surface area (Å²) in [6.07, 6.45) is 1.52. The molecule has 0 radical (unpaired) electrons. The molecular weight excluding hydrogens is 232 g/mol. The number of rotatable bonds is 5. The van der Waals surface area contributed by atoms with Gasteiger partial charge in [-0.3, -0.25) is 9.59 Å². The predicted octanol–water partition coefficient (Wildman–Crippen LogP) is 0.644. The van der Waals surface area contributed by atoms with E-state index in [0.717, 1.165) is 12.8 Å². The Hall–Kier alpha value is -1.10. The SMILES string of the molecule is COCCNC(=O)C1CCN(C(=O)C(C)C)CC1. The van der Waals surface area contributed by atoms with Crippen molar-refractivity contribution in [2.45, 2.75) is 26.7 Å². The molecule has 5 heteroatoms. The van der Waals surface area contributed by atoms with Crippen molar-refractivity contribution in [3.05, 3.63) is 0 Å². The maximum Gasteiger partial charge on any atom is 0.225 e.